The Balaban J connectivity index is 1.39. The van der Waals surface area contributed by atoms with E-state index in [0.29, 0.717) is 36.1 Å². The van der Waals surface area contributed by atoms with Crippen molar-refractivity contribution in [2.45, 2.75) is 57.9 Å². The molecule has 36 heavy (non-hydrogen) atoms. The number of nitrogens with zero attached hydrogens (tertiary/aromatic N) is 6. The quantitative estimate of drug-likeness (QED) is 0.363. The van der Waals surface area contributed by atoms with Crippen molar-refractivity contribution < 1.29 is 4.79 Å². The number of carbonyl (C=O) groups excluding carboxylic acids is 1. The molecule has 7 nitrogen and oxygen atoms in total. The van der Waals surface area contributed by atoms with Gasteiger partial charge in [-0.3, -0.25) is 4.79 Å². The van der Waals surface area contributed by atoms with Crippen LogP contribution in [0.3, 0.4) is 0 Å². The molecular weight excluding hydrogens is 472 g/mol. The number of halogens is 1. The Hall–Kier alpha value is -3.19. The molecule has 0 N–H and O–H groups in total. The van der Waals surface area contributed by atoms with E-state index in [9.17, 15) is 4.79 Å². The van der Waals surface area contributed by atoms with Crippen molar-refractivity contribution in [3.8, 4) is 0 Å². The lowest BCUT2D eigenvalue weighted by molar-refractivity contribution is 0.0673. The number of fused-ring (bicyclic) bond motifs is 3. The fourth-order valence-electron chi connectivity index (χ4n) is 5.82. The molecule has 1 aliphatic heterocycles. The maximum absolute atomic E-state index is 13.3. The second kappa shape index (κ2) is 9.36. The number of aromatic nitrogens is 4. The molecule has 0 spiro atoms. The molecule has 3 heterocycles. The van der Waals surface area contributed by atoms with Crippen molar-refractivity contribution in [3.63, 3.8) is 0 Å². The summed E-state index contributed by atoms with van der Waals surface area (Å²) in [7, 11) is 0. The lowest BCUT2D eigenvalue weighted by Crippen LogP contribution is -2.54. The van der Waals surface area contributed by atoms with Gasteiger partial charge in [-0.15, -0.1) is 10.2 Å². The Kier molecular flexibility index (Phi) is 6.04. The van der Waals surface area contributed by atoms with Gasteiger partial charge in [0.1, 0.15) is 5.82 Å². The number of piperazine rings is 1. The van der Waals surface area contributed by atoms with Gasteiger partial charge in [-0.25, -0.2) is 9.38 Å². The van der Waals surface area contributed by atoms with Crippen LogP contribution >= 0.6 is 11.6 Å². The zero-order valence-corrected chi connectivity index (χ0v) is 21.6. The summed E-state index contributed by atoms with van der Waals surface area (Å²) in [5.41, 5.74) is 3.54. The van der Waals surface area contributed by atoms with Gasteiger partial charge < -0.3 is 9.80 Å². The van der Waals surface area contributed by atoms with Crippen LogP contribution in [0.5, 0.6) is 0 Å². The highest BCUT2D eigenvalue weighted by Crippen LogP contribution is 2.35. The van der Waals surface area contributed by atoms with E-state index < -0.39 is 0 Å². The molecule has 1 saturated carbocycles. The molecule has 186 valence electrons. The average molecular weight is 503 g/mol. The van der Waals surface area contributed by atoms with E-state index in [-0.39, 0.29) is 11.9 Å². The van der Waals surface area contributed by atoms with E-state index in [2.05, 4.69) is 41.3 Å². The third kappa shape index (κ3) is 3.99. The van der Waals surface area contributed by atoms with E-state index in [1.54, 1.807) is 12.1 Å². The Morgan fingerprint density at radius 3 is 2.61 bits per heavy atom. The Morgan fingerprint density at radius 1 is 1.03 bits per heavy atom. The van der Waals surface area contributed by atoms with Gasteiger partial charge in [0.2, 0.25) is 5.95 Å². The summed E-state index contributed by atoms with van der Waals surface area (Å²) in [4.78, 5) is 22.7. The van der Waals surface area contributed by atoms with Crippen LogP contribution < -0.4 is 4.90 Å². The molecule has 8 heteroatoms. The third-order valence-electron chi connectivity index (χ3n) is 7.75. The van der Waals surface area contributed by atoms with Gasteiger partial charge in [-0.05, 0) is 51.0 Å². The number of hydrogen-bond donors (Lipinski definition) is 0. The Morgan fingerprint density at radius 2 is 1.83 bits per heavy atom. The van der Waals surface area contributed by atoms with Crippen LogP contribution in [0.1, 0.15) is 66.7 Å². The minimum atomic E-state index is -0.0213. The van der Waals surface area contributed by atoms with E-state index in [0.717, 1.165) is 41.2 Å². The second-order valence-electron chi connectivity index (χ2n) is 10.3. The van der Waals surface area contributed by atoms with Crippen molar-refractivity contribution in [3.05, 3.63) is 64.4 Å². The van der Waals surface area contributed by atoms with E-state index in [4.69, 9.17) is 26.8 Å². The standard InChI is InChI=1S/C28H31ClN6O/c1-18-12-13-24-22(16-18)26-32-31-25(20-8-4-3-5-9-20)35(26)28(30-24)33-14-15-34(19(2)17-33)27(36)21-10-6-7-11-23(21)29/h6-7,10-13,16,19-20H,3-5,8-9,14-15,17H2,1-2H3/t19-/m0/s1. The van der Waals surface area contributed by atoms with Crippen LogP contribution in [0.25, 0.3) is 16.6 Å². The number of hydrogen-bond acceptors (Lipinski definition) is 5. The fraction of sp³-hybridized carbons (Fsp3) is 0.429. The van der Waals surface area contributed by atoms with Gasteiger partial charge in [0, 0.05) is 37.0 Å². The molecule has 6 rings (SSSR count). The normalized spacial score (nSPS) is 19.4. The number of benzene rings is 2. The monoisotopic (exact) mass is 502 g/mol. The smallest absolute Gasteiger partial charge is 0.255 e. The van der Waals surface area contributed by atoms with Gasteiger partial charge in [-0.1, -0.05) is 54.6 Å². The first kappa shape index (κ1) is 23.2. The number of amides is 1. The molecule has 4 aromatic rings. The summed E-state index contributed by atoms with van der Waals surface area (Å²) >= 11 is 6.34. The van der Waals surface area contributed by atoms with Crippen LogP contribution in [0.2, 0.25) is 5.02 Å². The minimum Gasteiger partial charge on any atom is -0.338 e. The summed E-state index contributed by atoms with van der Waals surface area (Å²) in [5, 5.41) is 11.0. The predicted octanol–water partition coefficient (Wildman–Crippen LogP) is 5.64. The summed E-state index contributed by atoms with van der Waals surface area (Å²) < 4.78 is 2.20. The first-order valence-corrected chi connectivity index (χ1v) is 13.3. The highest BCUT2D eigenvalue weighted by atomic mass is 35.5. The summed E-state index contributed by atoms with van der Waals surface area (Å²) in [6.07, 6.45) is 6.04. The first-order chi connectivity index (χ1) is 17.5. The molecule has 2 aromatic heterocycles. The minimum absolute atomic E-state index is 0.00250. The third-order valence-corrected chi connectivity index (χ3v) is 8.08. The lowest BCUT2D eigenvalue weighted by atomic mass is 9.89. The zero-order chi connectivity index (χ0) is 24.8. The highest BCUT2D eigenvalue weighted by molar-refractivity contribution is 6.33. The molecule has 2 fully saturated rings. The predicted molar refractivity (Wildman–Crippen MR) is 143 cm³/mol. The summed E-state index contributed by atoms with van der Waals surface area (Å²) in [5.74, 6) is 2.28. The van der Waals surface area contributed by atoms with E-state index in [1.165, 1.54) is 24.8 Å². The van der Waals surface area contributed by atoms with Gasteiger partial charge in [0.25, 0.3) is 5.91 Å². The van der Waals surface area contributed by atoms with Crippen molar-refractivity contribution in [1.82, 2.24) is 24.5 Å². The largest absolute Gasteiger partial charge is 0.338 e. The van der Waals surface area contributed by atoms with Gasteiger partial charge in [-0.2, -0.15) is 0 Å². The van der Waals surface area contributed by atoms with Crippen molar-refractivity contribution in [1.29, 1.82) is 0 Å². The number of carbonyl (C=O) groups is 1. The lowest BCUT2D eigenvalue weighted by Gasteiger charge is -2.40. The van der Waals surface area contributed by atoms with Crippen LogP contribution in [-0.4, -0.2) is 56.1 Å². The highest BCUT2D eigenvalue weighted by Gasteiger charge is 2.32. The first-order valence-electron chi connectivity index (χ1n) is 13.0. The molecule has 1 amide bonds. The fourth-order valence-corrected chi connectivity index (χ4v) is 6.04. The van der Waals surface area contributed by atoms with Crippen molar-refractivity contribution in [2.75, 3.05) is 24.5 Å². The number of anilines is 1. The maximum Gasteiger partial charge on any atom is 0.255 e. The van der Waals surface area contributed by atoms with Crippen LogP contribution in [-0.2, 0) is 0 Å². The topological polar surface area (TPSA) is 66.6 Å². The van der Waals surface area contributed by atoms with Crippen molar-refractivity contribution >= 4 is 40.0 Å². The van der Waals surface area contributed by atoms with E-state index in [1.807, 2.05) is 17.0 Å². The second-order valence-corrected chi connectivity index (χ2v) is 10.7. The molecule has 1 atom stereocenters. The van der Waals surface area contributed by atoms with Gasteiger partial charge in [0.05, 0.1) is 16.1 Å². The molecule has 1 aliphatic carbocycles. The summed E-state index contributed by atoms with van der Waals surface area (Å²) in [6, 6.07) is 13.6. The molecule has 2 aromatic carbocycles. The molecule has 0 radical (unpaired) electrons. The summed E-state index contributed by atoms with van der Waals surface area (Å²) in [6.45, 7) is 6.15. The van der Waals surface area contributed by atoms with Gasteiger partial charge in [0.15, 0.2) is 5.65 Å². The average Bonchev–Trinajstić information content (AvgIpc) is 3.34. The van der Waals surface area contributed by atoms with Crippen LogP contribution in [0.4, 0.5) is 5.95 Å². The molecule has 0 bridgehead atoms. The Bertz CT molecular complexity index is 1440. The SMILES string of the molecule is Cc1ccc2nc(N3CCN(C(=O)c4ccccc4Cl)[C@@H](C)C3)n3c(C4CCCCC4)nnc3c2c1. The van der Waals surface area contributed by atoms with Crippen LogP contribution in [0.15, 0.2) is 42.5 Å². The van der Waals surface area contributed by atoms with E-state index >= 15 is 0 Å². The van der Waals surface area contributed by atoms with Crippen molar-refractivity contribution in [2.24, 2.45) is 0 Å². The number of rotatable bonds is 3. The molecule has 0 unspecified atom stereocenters. The maximum atomic E-state index is 13.3. The van der Waals surface area contributed by atoms with Crippen LogP contribution in [0, 0.1) is 6.92 Å². The number of aryl methyl sites for hydroxylation is 1. The molecular formula is C28H31ClN6O. The van der Waals surface area contributed by atoms with Gasteiger partial charge >= 0.3 is 0 Å². The zero-order valence-electron chi connectivity index (χ0n) is 20.8. The molecule has 1 saturated heterocycles. The Labute approximate surface area is 216 Å². The molecule has 2 aliphatic rings.